The number of nitrogens with zero attached hydrogens (tertiary/aromatic N) is 3. The highest BCUT2D eigenvalue weighted by atomic mass is 16.5. The Morgan fingerprint density at radius 1 is 1.30 bits per heavy atom. The van der Waals surface area contributed by atoms with Gasteiger partial charge >= 0.3 is 0 Å². The molecule has 1 heterocycles. The number of imidazole rings is 1. The van der Waals surface area contributed by atoms with Crippen molar-refractivity contribution >= 4 is 16.9 Å². The molecule has 3 aromatic rings. The molecule has 0 unspecified atom stereocenters. The van der Waals surface area contributed by atoms with Crippen molar-refractivity contribution in [2.24, 2.45) is 7.05 Å². The summed E-state index contributed by atoms with van der Waals surface area (Å²) in [6.45, 7) is 1.91. The van der Waals surface area contributed by atoms with Crippen molar-refractivity contribution in [2.75, 3.05) is 14.1 Å². The molecule has 0 spiro atoms. The van der Waals surface area contributed by atoms with Gasteiger partial charge in [-0.15, -0.1) is 0 Å². The third-order valence-corrected chi connectivity index (χ3v) is 5.22. The van der Waals surface area contributed by atoms with Crippen LogP contribution in [0.5, 0.6) is 5.75 Å². The monoisotopic (exact) mass is 365 g/mol. The first-order valence-electron chi connectivity index (χ1n) is 8.98. The van der Waals surface area contributed by atoms with Crippen molar-refractivity contribution in [3.8, 4) is 5.75 Å². The number of amides is 1. The highest BCUT2D eigenvalue weighted by Gasteiger charge is 2.33. The van der Waals surface area contributed by atoms with Crippen molar-refractivity contribution in [3.63, 3.8) is 0 Å². The topological polar surface area (TPSA) is 67.6 Å². The van der Waals surface area contributed by atoms with Crippen LogP contribution in [0, 0.1) is 6.92 Å². The molecule has 6 heteroatoms. The zero-order valence-electron chi connectivity index (χ0n) is 15.9. The maximum absolute atomic E-state index is 12.5. The second kappa shape index (κ2) is 6.39. The summed E-state index contributed by atoms with van der Waals surface area (Å²) in [6.07, 6.45) is -0.548. The lowest BCUT2D eigenvalue weighted by Gasteiger charge is -2.20. The molecule has 1 amide bonds. The van der Waals surface area contributed by atoms with Gasteiger partial charge < -0.3 is 19.3 Å². The minimum Gasteiger partial charge on any atom is -0.481 e. The Labute approximate surface area is 158 Å². The maximum atomic E-state index is 12.5. The molecule has 0 radical (unpaired) electrons. The van der Waals surface area contributed by atoms with E-state index in [4.69, 9.17) is 4.74 Å². The number of aliphatic hydroxyl groups excluding tert-OH is 1. The van der Waals surface area contributed by atoms with Crippen LogP contribution in [0.4, 0.5) is 0 Å². The van der Waals surface area contributed by atoms with Crippen molar-refractivity contribution in [3.05, 3.63) is 58.9 Å². The van der Waals surface area contributed by atoms with Crippen LogP contribution < -0.4 is 4.74 Å². The number of aryl methyl sites for hydroxylation is 2. The summed E-state index contributed by atoms with van der Waals surface area (Å²) in [6, 6.07) is 11.5. The van der Waals surface area contributed by atoms with Gasteiger partial charge in [0.2, 0.25) is 0 Å². The van der Waals surface area contributed by atoms with Crippen LogP contribution in [-0.2, 0) is 13.5 Å². The molecule has 1 aliphatic carbocycles. The molecule has 0 aliphatic heterocycles. The zero-order valence-corrected chi connectivity index (χ0v) is 15.9. The van der Waals surface area contributed by atoms with Crippen molar-refractivity contribution < 1.29 is 14.6 Å². The van der Waals surface area contributed by atoms with Gasteiger partial charge in [-0.05, 0) is 30.2 Å². The first-order chi connectivity index (χ1) is 12.9. The highest BCUT2D eigenvalue weighted by molar-refractivity contribution is 5.99. The Morgan fingerprint density at radius 2 is 2.04 bits per heavy atom. The number of hydrogen-bond acceptors (Lipinski definition) is 4. The summed E-state index contributed by atoms with van der Waals surface area (Å²) in [5.41, 5.74) is 4.13. The molecular formula is C21H23N3O3. The summed E-state index contributed by atoms with van der Waals surface area (Å²) in [7, 11) is 5.36. The van der Waals surface area contributed by atoms with E-state index in [0.29, 0.717) is 23.3 Å². The Morgan fingerprint density at radius 3 is 2.78 bits per heavy atom. The van der Waals surface area contributed by atoms with Gasteiger partial charge in [0, 0.05) is 33.1 Å². The Hall–Kier alpha value is -2.86. The fourth-order valence-corrected chi connectivity index (χ4v) is 3.66. The number of aliphatic hydroxyl groups is 1. The molecule has 0 saturated heterocycles. The predicted molar refractivity (Wildman–Crippen MR) is 103 cm³/mol. The lowest BCUT2D eigenvalue weighted by Crippen LogP contribution is -2.22. The summed E-state index contributed by atoms with van der Waals surface area (Å²) in [4.78, 5) is 18.7. The molecule has 1 aromatic heterocycles. The number of carbonyl (C=O) groups excluding carboxylic acids is 1. The molecule has 27 heavy (non-hydrogen) atoms. The van der Waals surface area contributed by atoms with E-state index in [0.717, 1.165) is 22.5 Å². The zero-order chi connectivity index (χ0) is 19.3. The Kier molecular flexibility index (Phi) is 4.15. The second-order valence-corrected chi connectivity index (χ2v) is 7.27. The standard InChI is InChI=1S/C21H23N3O3/c1-12-22-19-16(24(12)4)9-14(21(26)23(2)3)11-18(19)27-20-15-8-6-5-7-13(15)10-17(20)25/h5-9,11,17,20,25H,10H2,1-4H3/t17-,20-/m1/s1. The van der Waals surface area contributed by atoms with Crippen LogP contribution in [0.25, 0.3) is 11.0 Å². The van der Waals surface area contributed by atoms with E-state index in [9.17, 15) is 9.90 Å². The van der Waals surface area contributed by atoms with Crippen LogP contribution in [-0.4, -0.2) is 45.7 Å². The van der Waals surface area contributed by atoms with Gasteiger partial charge in [-0.3, -0.25) is 4.79 Å². The third kappa shape index (κ3) is 2.86. The molecule has 140 valence electrons. The number of benzene rings is 2. The Balaban J connectivity index is 1.83. The normalized spacial score (nSPS) is 18.6. The summed E-state index contributed by atoms with van der Waals surface area (Å²) >= 11 is 0. The van der Waals surface area contributed by atoms with Crippen LogP contribution in [0.3, 0.4) is 0 Å². The fraction of sp³-hybridized carbons (Fsp3) is 0.333. The number of carbonyl (C=O) groups is 1. The van der Waals surface area contributed by atoms with E-state index in [1.165, 1.54) is 4.90 Å². The first-order valence-corrected chi connectivity index (χ1v) is 8.98. The third-order valence-electron chi connectivity index (χ3n) is 5.22. The molecule has 4 rings (SSSR count). The van der Waals surface area contributed by atoms with Gasteiger partial charge in [0.1, 0.15) is 17.1 Å². The molecule has 0 bridgehead atoms. The highest BCUT2D eigenvalue weighted by Crippen LogP contribution is 2.38. The number of aromatic nitrogens is 2. The van der Waals surface area contributed by atoms with E-state index >= 15 is 0 Å². The maximum Gasteiger partial charge on any atom is 0.253 e. The molecule has 2 atom stereocenters. The molecular weight excluding hydrogens is 342 g/mol. The van der Waals surface area contributed by atoms with Gasteiger partial charge in [-0.25, -0.2) is 4.98 Å². The van der Waals surface area contributed by atoms with Crippen LogP contribution in [0.1, 0.15) is 33.4 Å². The van der Waals surface area contributed by atoms with Gasteiger partial charge in [-0.1, -0.05) is 24.3 Å². The van der Waals surface area contributed by atoms with E-state index < -0.39 is 12.2 Å². The minimum absolute atomic E-state index is 0.104. The number of fused-ring (bicyclic) bond motifs is 2. The number of rotatable bonds is 3. The summed E-state index contributed by atoms with van der Waals surface area (Å²) in [5, 5.41) is 10.5. The van der Waals surface area contributed by atoms with Crippen molar-refractivity contribution in [1.82, 2.24) is 14.5 Å². The van der Waals surface area contributed by atoms with Gasteiger partial charge in [-0.2, -0.15) is 0 Å². The van der Waals surface area contributed by atoms with Gasteiger partial charge in [0.15, 0.2) is 6.10 Å². The molecule has 1 aliphatic rings. The summed E-state index contributed by atoms with van der Waals surface area (Å²) in [5.74, 6) is 1.24. The van der Waals surface area contributed by atoms with E-state index in [1.54, 1.807) is 20.2 Å². The average molecular weight is 365 g/mol. The molecule has 0 fully saturated rings. The lowest BCUT2D eigenvalue weighted by molar-refractivity contribution is 0.0503. The second-order valence-electron chi connectivity index (χ2n) is 7.27. The van der Waals surface area contributed by atoms with Crippen LogP contribution in [0.15, 0.2) is 36.4 Å². The Bertz CT molecular complexity index is 1040. The van der Waals surface area contributed by atoms with E-state index in [1.807, 2.05) is 48.9 Å². The predicted octanol–water partition coefficient (Wildman–Crippen LogP) is 2.62. The molecule has 1 N–H and O–H groups in total. The minimum atomic E-state index is -0.629. The van der Waals surface area contributed by atoms with Crippen LogP contribution in [0.2, 0.25) is 0 Å². The molecule has 2 aromatic carbocycles. The largest absolute Gasteiger partial charge is 0.481 e. The van der Waals surface area contributed by atoms with Gasteiger partial charge in [0.25, 0.3) is 5.91 Å². The average Bonchev–Trinajstić information content (AvgIpc) is 3.11. The van der Waals surface area contributed by atoms with Gasteiger partial charge in [0.05, 0.1) is 11.6 Å². The van der Waals surface area contributed by atoms with E-state index in [2.05, 4.69) is 4.98 Å². The quantitative estimate of drug-likeness (QED) is 0.775. The van der Waals surface area contributed by atoms with Crippen molar-refractivity contribution in [1.29, 1.82) is 0 Å². The lowest BCUT2D eigenvalue weighted by atomic mass is 10.1. The number of hydrogen-bond donors (Lipinski definition) is 1. The van der Waals surface area contributed by atoms with Crippen LogP contribution >= 0.6 is 0 Å². The SMILES string of the molecule is Cc1nc2c(O[C@@H]3c4ccccc4C[C@H]3O)cc(C(=O)N(C)C)cc2n1C. The van der Waals surface area contributed by atoms with E-state index in [-0.39, 0.29) is 5.91 Å². The molecule has 0 saturated carbocycles. The molecule has 6 nitrogen and oxygen atoms in total. The summed E-state index contributed by atoms with van der Waals surface area (Å²) < 4.78 is 8.21. The smallest absolute Gasteiger partial charge is 0.253 e. The van der Waals surface area contributed by atoms with Crippen molar-refractivity contribution in [2.45, 2.75) is 25.6 Å². The first kappa shape index (κ1) is 17.5. The number of ether oxygens (including phenoxy) is 1. The fourth-order valence-electron chi connectivity index (χ4n) is 3.66.